The number of nitrogens with zero attached hydrogens (tertiary/aromatic N) is 3. The highest BCUT2D eigenvalue weighted by Crippen LogP contribution is 2.23. The van der Waals surface area contributed by atoms with Crippen molar-refractivity contribution in [3.05, 3.63) is 100 Å². The molecule has 10 nitrogen and oxygen atoms in total. The quantitative estimate of drug-likeness (QED) is 0.358. The van der Waals surface area contributed by atoms with E-state index in [4.69, 9.17) is 4.84 Å². The third-order valence-corrected chi connectivity index (χ3v) is 6.14. The molecule has 4 rings (SSSR count). The molecule has 2 N–H and O–H groups in total. The largest absolute Gasteiger partial charge is 0.399 e. The highest BCUT2D eigenvalue weighted by molar-refractivity contribution is 6.05. The molecule has 3 aromatic rings. The molecule has 10 heteroatoms. The molecule has 0 bridgehead atoms. The van der Waals surface area contributed by atoms with Gasteiger partial charge in [0.1, 0.15) is 13.2 Å². The SMILES string of the molecule is CO/N=C1\CC(C(=O)NCC(O)c2ccc([N+](=O)[O-])cc2)N(C(=O)c2ccc(-c3ccccc3)cc2)C1. The van der Waals surface area contributed by atoms with E-state index in [1.807, 2.05) is 42.5 Å². The first-order valence-corrected chi connectivity index (χ1v) is 11.6. The second-order valence-electron chi connectivity index (χ2n) is 8.55. The first-order chi connectivity index (χ1) is 17.9. The van der Waals surface area contributed by atoms with E-state index in [-0.39, 0.29) is 31.1 Å². The van der Waals surface area contributed by atoms with Gasteiger partial charge in [0.15, 0.2) is 0 Å². The van der Waals surface area contributed by atoms with Gasteiger partial charge in [-0.05, 0) is 41.0 Å². The summed E-state index contributed by atoms with van der Waals surface area (Å²) in [6.07, 6.45) is -0.880. The van der Waals surface area contributed by atoms with Gasteiger partial charge in [0.25, 0.3) is 11.6 Å². The number of non-ortho nitro benzene ring substituents is 1. The molecule has 0 spiro atoms. The highest BCUT2D eigenvalue weighted by Gasteiger charge is 2.38. The van der Waals surface area contributed by atoms with Crippen LogP contribution in [-0.2, 0) is 9.63 Å². The van der Waals surface area contributed by atoms with Crippen LogP contribution in [0.2, 0.25) is 0 Å². The van der Waals surface area contributed by atoms with Crippen LogP contribution in [0.3, 0.4) is 0 Å². The van der Waals surface area contributed by atoms with Crippen molar-refractivity contribution < 1.29 is 24.5 Å². The maximum Gasteiger partial charge on any atom is 0.269 e. The second-order valence-corrected chi connectivity index (χ2v) is 8.55. The number of nitrogens with one attached hydrogen (secondary N) is 1. The molecular formula is C27H26N4O6. The predicted molar refractivity (Wildman–Crippen MR) is 137 cm³/mol. The summed E-state index contributed by atoms with van der Waals surface area (Å²) in [5.74, 6) is -0.770. The van der Waals surface area contributed by atoms with Crippen LogP contribution in [0.4, 0.5) is 5.69 Å². The van der Waals surface area contributed by atoms with Crippen LogP contribution in [0, 0.1) is 10.1 Å². The fraction of sp³-hybridized carbons (Fsp3) is 0.222. The Hall–Kier alpha value is -4.57. The van der Waals surface area contributed by atoms with Gasteiger partial charge in [-0.2, -0.15) is 0 Å². The van der Waals surface area contributed by atoms with Crippen molar-refractivity contribution in [1.82, 2.24) is 10.2 Å². The zero-order valence-electron chi connectivity index (χ0n) is 20.1. The lowest BCUT2D eigenvalue weighted by atomic mass is 10.0. The van der Waals surface area contributed by atoms with Crippen LogP contribution in [0.5, 0.6) is 0 Å². The number of rotatable bonds is 8. The summed E-state index contributed by atoms with van der Waals surface area (Å²) < 4.78 is 0. The number of aliphatic hydroxyl groups excluding tert-OH is 1. The number of hydrogen-bond donors (Lipinski definition) is 2. The Morgan fingerprint density at radius 2 is 1.73 bits per heavy atom. The summed E-state index contributed by atoms with van der Waals surface area (Å²) in [6, 6.07) is 21.6. The minimum Gasteiger partial charge on any atom is -0.399 e. The molecule has 37 heavy (non-hydrogen) atoms. The molecule has 0 radical (unpaired) electrons. The van der Waals surface area contributed by atoms with Crippen LogP contribution in [0.1, 0.15) is 28.4 Å². The standard InChI is InChI=1S/C27H26N4O6/c1-37-29-22-15-24(26(33)28-16-25(32)20-11-13-23(14-12-20)31(35)36)30(17-22)27(34)21-9-7-19(8-10-21)18-5-3-2-4-6-18/h2-14,24-25,32H,15-17H2,1H3,(H,28,33)/b29-22+. The Morgan fingerprint density at radius 1 is 1.08 bits per heavy atom. The van der Waals surface area contributed by atoms with Gasteiger partial charge in [0, 0.05) is 30.7 Å². The summed E-state index contributed by atoms with van der Waals surface area (Å²) in [7, 11) is 1.40. The average molecular weight is 503 g/mol. The molecule has 190 valence electrons. The Morgan fingerprint density at radius 3 is 2.35 bits per heavy atom. The van der Waals surface area contributed by atoms with Crippen molar-refractivity contribution in [3.63, 3.8) is 0 Å². The van der Waals surface area contributed by atoms with Crippen molar-refractivity contribution in [3.8, 4) is 11.1 Å². The van der Waals surface area contributed by atoms with Crippen molar-refractivity contribution >= 4 is 23.2 Å². The highest BCUT2D eigenvalue weighted by atomic mass is 16.6. The van der Waals surface area contributed by atoms with Gasteiger partial charge in [0.2, 0.25) is 5.91 Å². The van der Waals surface area contributed by atoms with Crippen LogP contribution in [0.15, 0.2) is 84.0 Å². The minimum absolute atomic E-state index is 0.0955. The zero-order valence-corrected chi connectivity index (χ0v) is 20.1. The lowest BCUT2D eigenvalue weighted by Gasteiger charge is -2.24. The number of carbonyl (C=O) groups is 2. The lowest BCUT2D eigenvalue weighted by Crippen LogP contribution is -2.46. The number of nitro benzene ring substituents is 1. The van der Waals surface area contributed by atoms with Crippen molar-refractivity contribution in [2.45, 2.75) is 18.6 Å². The molecular weight excluding hydrogens is 476 g/mol. The van der Waals surface area contributed by atoms with Gasteiger partial charge in [-0.1, -0.05) is 47.6 Å². The van der Waals surface area contributed by atoms with Crippen molar-refractivity contribution in [2.24, 2.45) is 5.16 Å². The summed E-state index contributed by atoms with van der Waals surface area (Å²) in [4.78, 5) is 43.0. The topological polar surface area (TPSA) is 134 Å². The fourth-order valence-corrected chi connectivity index (χ4v) is 4.20. The van der Waals surface area contributed by atoms with E-state index in [0.717, 1.165) is 11.1 Å². The van der Waals surface area contributed by atoms with Gasteiger partial charge < -0.3 is 20.2 Å². The molecule has 1 heterocycles. The molecule has 2 unspecified atom stereocenters. The van der Waals surface area contributed by atoms with Gasteiger partial charge in [-0.15, -0.1) is 0 Å². The number of carbonyl (C=O) groups excluding carboxylic acids is 2. The first-order valence-electron chi connectivity index (χ1n) is 11.6. The number of hydrogen-bond acceptors (Lipinski definition) is 7. The minimum atomic E-state index is -1.08. The molecule has 3 aromatic carbocycles. The van der Waals surface area contributed by atoms with E-state index in [1.165, 1.54) is 36.3 Å². The Labute approximate surface area is 213 Å². The number of amides is 2. The van der Waals surface area contributed by atoms with Crippen LogP contribution >= 0.6 is 0 Å². The Bertz CT molecular complexity index is 1290. The summed E-state index contributed by atoms with van der Waals surface area (Å²) in [6.45, 7) is 0.00774. The van der Waals surface area contributed by atoms with E-state index in [0.29, 0.717) is 16.8 Å². The predicted octanol–water partition coefficient (Wildman–Crippen LogP) is 3.33. The fourth-order valence-electron chi connectivity index (χ4n) is 4.20. The van der Waals surface area contributed by atoms with E-state index in [1.54, 1.807) is 12.1 Å². The number of benzene rings is 3. The van der Waals surface area contributed by atoms with Crippen molar-refractivity contribution in [2.75, 3.05) is 20.2 Å². The lowest BCUT2D eigenvalue weighted by molar-refractivity contribution is -0.384. The molecule has 1 aliphatic heterocycles. The van der Waals surface area contributed by atoms with Crippen molar-refractivity contribution in [1.29, 1.82) is 0 Å². The molecule has 1 aliphatic rings. The van der Waals surface area contributed by atoms with Crippen LogP contribution < -0.4 is 5.32 Å². The first kappa shape index (κ1) is 25.5. The van der Waals surface area contributed by atoms with E-state index >= 15 is 0 Å². The third-order valence-electron chi connectivity index (χ3n) is 6.14. The molecule has 2 amide bonds. The number of nitro groups is 1. The summed E-state index contributed by atoms with van der Waals surface area (Å²) in [5, 5.41) is 27.9. The van der Waals surface area contributed by atoms with E-state index in [2.05, 4.69) is 10.5 Å². The molecule has 1 fully saturated rings. The van der Waals surface area contributed by atoms with E-state index in [9.17, 15) is 24.8 Å². The number of oxime groups is 1. The van der Waals surface area contributed by atoms with Gasteiger partial charge >= 0.3 is 0 Å². The number of aliphatic hydroxyl groups is 1. The second kappa shape index (κ2) is 11.4. The zero-order chi connectivity index (χ0) is 26.4. The maximum atomic E-state index is 13.4. The monoisotopic (exact) mass is 502 g/mol. The third kappa shape index (κ3) is 5.99. The smallest absolute Gasteiger partial charge is 0.269 e. The van der Waals surface area contributed by atoms with Gasteiger partial charge in [-0.3, -0.25) is 19.7 Å². The molecule has 0 aliphatic carbocycles. The summed E-state index contributed by atoms with van der Waals surface area (Å²) in [5.41, 5.74) is 3.30. The number of likely N-dealkylation sites (tertiary alicyclic amines) is 1. The molecule has 0 aromatic heterocycles. The van der Waals surface area contributed by atoms with Crippen LogP contribution in [-0.4, -0.2) is 58.7 Å². The molecule has 2 atom stereocenters. The Kier molecular flexibility index (Phi) is 7.89. The maximum absolute atomic E-state index is 13.4. The summed E-state index contributed by atoms with van der Waals surface area (Å²) >= 11 is 0. The van der Waals surface area contributed by atoms with Crippen LogP contribution in [0.25, 0.3) is 11.1 Å². The molecule has 0 saturated carbocycles. The molecule has 1 saturated heterocycles. The normalized spacial score (nSPS) is 16.9. The van der Waals surface area contributed by atoms with Gasteiger partial charge in [0.05, 0.1) is 23.3 Å². The van der Waals surface area contributed by atoms with E-state index < -0.39 is 23.0 Å². The van der Waals surface area contributed by atoms with Gasteiger partial charge in [-0.25, -0.2) is 0 Å². The Balaban J connectivity index is 1.45. The average Bonchev–Trinajstić information content (AvgIpc) is 3.36.